The first kappa shape index (κ1) is 47.7. The van der Waals surface area contributed by atoms with E-state index in [1.807, 2.05) is 0 Å². The monoisotopic (exact) mass is 863 g/mol. The number of carbonyl (C=O) groups excluding carboxylic acids is 8. The van der Waals surface area contributed by atoms with Crippen LogP contribution in [0.25, 0.3) is 11.3 Å². The van der Waals surface area contributed by atoms with Gasteiger partial charge in [0.25, 0.3) is 11.8 Å². The Kier molecular flexibility index (Phi) is 18.1. The summed E-state index contributed by atoms with van der Waals surface area (Å²) in [7, 11) is 2.89. The van der Waals surface area contributed by atoms with Crippen molar-refractivity contribution in [2.75, 3.05) is 34.0 Å². The summed E-state index contributed by atoms with van der Waals surface area (Å²) < 4.78 is 46.5. The summed E-state index contributed by atoms with van der Waals surface area (Å²) >= 11 is 0. The van der Waals surface area contributed by atoms with Crippen LogP contribution in [0.15, 0.2) is 24.4 Å². The van der Waals surface area contributed by atoms with Crippen LogP contribution < -0.4 is 15.4 Å². The Balaban J connectivity index is 1.34. The van der Waals surface area contributed by atoms with Crippen LogP contribution in [0.5, 0.6) is 5.75 Å². The minimum absolute atomic E-state index is 0.00832. The SMILES string of the molecule is COCC(CO[C@H]1OC(Cn2cc(-c3ccc(COC(=O)NCCCCCC(=O)ON4C(=O)CCC4=O)c(OC)c3)[nH]2)[C@H](OC(C)=O)C(OC(C)=O)C1NC(C)=O)OC(C)=O. The number of ether oxygens (including phenoxy) is 8. The number of benzene rings is 1. The molecule has 2 saturated heterocycles. The third-order valence-corrected chi connectivity index (χ3v) is 9.16. The van der Waals surface area contributed by atoms with Gasteiger partial charge in [-0.05, 0) is 18.9 Å². The molecule has 1 aromatic carbocycles. The summed E-state index contributed by atoms with van der Waals surface area (Å²) in [5.74, 6) is -3.81. The number of aromatic amines is 1. The highest BCUT2D eigenvalue weighted by atomic mass is 16.7. The molecule has 3 heterocycles. The van der Waals surface area contributed by atoms with Crippen LogP contribution in [0.4, 0.5) is 4.79 Å². The van der Waals surface area contributed by atoms with Gasteiger partial charge in [0, 0.05) is 77.9 Å². The maximum absolute atomic E-state index is 12.4. The quantitative estimate of drug-likeness (QED) is 0.0656. The van der Waals surface area contributed by atoms with Gasteiger partial charge in [-0.25, -0.2) is 9.59 Å². The number of H-pyrrole nitrogens is 1. The lowest BCUT2D eigenvalue weighted by Crippen LogP contribution is -2.66. The maximum atomic E-state index is 12.4. The number of imide groups is 1. The number of hydrogen-bond donors (Lipinski definition) is 3. The van der Waals surface area contributed by atoms with Crippen molar-refractivity contribution in [2.45, 2.75) is 116 Å². The summed E-state index contributed by atoms with van der Waals surface area (Å²) in [5.41, 5.74) is 1.97. The van der Waals surface area contributed by atoms with Crippen molar-refractivity contribution in [3.05, 3.63) is 30.0 Å². The van der Waals surface area contributed by atoms with Gasteiger partial charge in [-0.3, -0.25) is 38.5 Å². The standard InChI is InChI=1S/C39H53N5O17/c1-22(45)41-35-37(59-25(4)48)36(58-24(3)47)31(60-38(35)55-21-28(20-53-5)57-23(2)46)18-43-17-29(42-43)26-11-12-27(30(16-26)54-6)19-56-39(52)40-15-9-7-8-10-34(51)61-44-32(49)13-14-33(44)50/h11-12,16-17,28,31,35-38,42H,7-10,13-15,18-21H2,1-6H3,(H,40,52)(H,41,45)/t28?,31?,35?,36-,37?,38-/m0/s1. The van der Waals surface area contributed by atoms with E-state index in [9.17, 15) is 38.4 Å². The van der Waals surface area contributed by atoms with Crippen molar-refractivity contribution in [1.82, 2.24) is 25.5 Å². The van der Waals surface area contributed by atoms with Crippen LogP contribution in [0.2, 0.25) is 0 Å². The number of alkyl carbamates (subject to hydrolysis) is 1. The molecule has 4 amide bonds. The Morgan fingerprint density at radius 3 is 2.21 bits per heavy atom. The molecule has 0 radical (unpaired) electrons. The number of carbonyl (C=O) groups is 8. The number of nitrogens with zero attached hydrogens (tertiary/aromatic N) is 2. The number of rotatable bonds is 22. The van der Waals surface area contributed by atoms with Crippen molar-refractivity contribution in [3.8, 4) is 17.0 Å². The van der Waals surface area contributed by atoms with Gasteiger partial charge in [0.05, 0.1) is 32.6 Å². The highest BCUT2D eigenvalue weighted by Gasteiger charge is 2.51. The molecule has 4 rings (SSSR count). The van der Waals surface area contributed by atoms with Gasteiger partial charge in [-0.2, -0.15) is 0 Å². The molecule has 2 aliphatic heterocycles. The van der Waals surface area contributed by atoms with Crippen LogP contribution in [-0.4, -0.2) is 133 Å². The largest absolute Gasteiger partial charge is 0.496 e. The van der Waals surface area contributed by atoms with Crippen LogP contribution >= 0.6 is 0 Å². The van der Waals surface area contributed by atoms with Gasteiger partial charge < -0.3 is 53.4 Å². The molecule has 336 valence electrons. The van der Waals surface area contributed by atoms with Gasteiger partial charge in [0.1, 0.15) is 30.6 Å². The van der Waals surface area contributed by atoms with E-state index in [0.717, 1.165) is 0 Å². The van der Waals surface area contributed by atoms with Gasteiger partial charge in [0.2, 0.25) is 5.91 Å². The molecule has 0 aliphatic carbocycles. The third kappa shape index (κ3) is 14.6. The molecule has 0 spiro atoms. The summed E-state index contributed by atoms with van der Waals surface area (Å²) in [6.07, 6.45) is -2.84. The molecule has 1 aromatic heterocycles. The zero-order chi connectivity index (χ0) is 44.6. The Hall–Kier alpha value is -6.00. The lowest BCUT2D eigenvalue weighted by atomic mass is 9.95. The average molecular weight is 864 g/mol. The van der Waals surface area contributed by atoms with E-state index in [2.05, 4.69) is 15.7 Å². The predicted molar refractivity (Wildman–Crippen MR) is 205 cm³/mol. The van der Waals surface area contributed by atoms with Crippen molar-refractivity contribution < 1.29 is 81.1 Å². The zero-order valence-corrected chi connectivity index (χ0v) is 34.9. The zero-order valence-electron chi connectivity index (χ0n) is 34.9. The molecule has 0 bridgehead atoms. The Morgan fingerprint density at radius 1 is 0.902 bits per heavy atom. The molecular weight excluding hydrogens is 810 g/mol. The number of esters is 3. The number of nitrogens with one attached hydrogen (secondary N) is 3. The summed E-state index contributed by atoms with van der Waals surface area (Å²) in [6.45, 7) is 4.82. The van der Waals surface area contributed by atoms with Gasteiger partial charge in [0.15, 0.2) is 18.5 Å². The first-order valence-corrected chi connectivity index (χ1v) is 19.5. The number of methoxy groups -OCH3 is 2. The Labute approximate surface area is 351 Å². The Bertz CT molecular complexity index is 1850. The molecule has 61 heavy (non-hydrogen) atoms. The van der Waals surface area contributed by atoms with Gasteiger partial charge >= 0.3 is 30.0 Å². The van der Waals surface area contributed by atoms with E-state index < -0.39 is 84.4 Å². The lowest BCUT2D eigenvalue weighted by Gasteiger charge is -2.45. The first-order valence-electron chi connectivity index (χ1n) is 19.5. The fraction of sp³-hybridized carbons (Fsp3) is 0.590. The van der Waals surface area contributed by atoms with E-state index >= 15 is 0 Å². The fourth-order valence-corrected chi connectivity index (χ4v) is 6.51. The second-order valence-corrected chi connectivity index (χ2v) is 14.1. The van der Waals surface area contributed by atoms with E-state index in [4.69, 9.17) is 42.7 Å². The molecule has 2 fully saturated rings. The highest BCUT2D eigenvalue weighted by Crippen LogP contribution is 2.31. The molecule has 22 heteroatoms. The molecule has 2 aromatic rings. The van der Waals surface area contributed by atoms with E-state index in [1.165, 1.54) is 41.9 Å². The molecule has 6 atom stereocenters. The smallest absolute Gasteiger partial charge is 0.407 e. The highest BCUT2D eigenvalue weighted by molar-refractivity contribution is 6.01. The topological polar surface area (TPSA) is 268 Å². The minimum Gasteiger partial charge on any atom is -0.496 e. The minimum atomic E-state index is -1.27. The number of hydroxylamine groups is 2. The normalized spacial score (nSPS) is 20.4. The number of amides is 4. The summed E-state index contributed by atoms with van der Waals surface area (Å²) in [4.78, 5) is 101. The van der Waals surface area contributed by atoms with E-state index in [1.54, 1.807) is 29.1 Å². The van der Waals surface area contributed by atoms with Crippen molar-refractivity contribution >= 4 is 47.7 Å². The van der Waals surface area contributed by atoms with Crippen LogP contribution in [-0.2, 0) is 84.7 Å². The number of hydrogen-bond acceptors (Lipinski definition) is 17. The average Bonchev–Trinajstić information content (AvgIpc) is 3.49. The molecular formula is C39H53N5O17. The molecule has 2 aliphatic rings. The third-order valence-electron chi connectivity index (χ3n) is 9.16. The summed E-state index contributed by atoms with van der Waals surface area (Å²) in [5, 5.41) is 9.01. The van der Waals surface area contributed by atoms with Crippen LogP contribution in [0, 0.1) is 0 Å². The predicted octanol–water partition coefficient (Wildman–Crippen LogP) is 1.57. The second kappa shape index (κ2) is 23.1. The van der Waals surface area contributed by atoms with Crippen molar-refractivity contribution in [2.24, 2.45) is 0 Å². The van der Waals surface area contributed by atoms with Crippen LogP contribution in [0.3, 0.4) is 0 Å². The number of unbranched alkanes of at least 4 members (excludes halogenated alkanes) is 2. The molecule has 3 N–H and O–H groups in total. The second-order valence-electron chi connectivity index (χ2n) is 14.1. The van der Waals surface area contributed by atoms with E-state index in [-0.39, 0.29) is 52.2 Å². The van der Waals surface area contributed by atoms with Gasteiger partial charge in [-0.1, -0.05) is 18.6 Å². The number of aromatic nitrogens is 2. The molecule has 4 unspecified atom stereocenters. The van der Waals surface area contributed by atoms with Gasteiger partial charge in [-0.15, -0.1) is 5.06 Å². The maximum Gasteiger partial charge on any atom is 0.407 e. The Morgan fingerprint density at radius 2 is 1.59 bits per heavy atom. The molecule has 0 saturated carbocycles. The van der Waals surface area contributed by atoms with Crippen molar-refractivity contribution in [3.63, 3.8) is 0 Å². The first-order chi connectivity index (χ1) is 29.1. The molecule has 22 nitrogen and oxygen atoms in total. The fourth-order valence-electron chi connectivity index (χ4n) is 6.51. The summed E-state index contributed by atoms with van der Waals surface area (Å²) in [6, 6.07) is 4.12. The van der Waals surface area contributed by atoms with Crippen molar-refractivity contribution in [1.29, 1.82) is 0 Å². The van der Waals surface area contributed by atoms with Crippen LogP contribution in [0.1, 0.15) is 71.8 Å². The lowest BCUT2D eigenvalue weighted by molar-refractivity contribution is -0.279. The van der Waals surface area contributed by atoms with E-state index in [0.29, 0.717) is 46.9 Å².